The number of aliphatic carboxylic acids is 1. The van der Waals surface area contributed by atoms with E-state index in [2.05, 4.69) is 5.32 Å². The number of carboxylic acid groups (broad SMARTS) is 1. The van der Waals surface area contributed by atoms with Crippen LogP contribution < -0.4 is 5.32 Å². The number of rotatable bonds is 4. The summed E-state index contributed by atoms with van der Waals surface area (Å²) in [7, 11) is 0. The highest BCUT2D eigenvalue weighted by molar-refractivity contribution is 5.93. The molecule has 1 rings (SSSR count). The van der Waals surface area contributed by atoms with Crippen LogP contribution in [0.25, 0.3) is 0 Å². The molecular formula is C11H13NO3. The Bertz CT molecular complexity index is 348. The van der Waals surface area contributed by atoms with Gasteiger partial charge in [0.05, 0.1) is 6.04 Å². The normalized spacial score (nSPS) is 11.8. The number of benzene rings is 1. The third kappa shape index (κ3) is 3.81. The van der Waals surface area contributed by atoms with E-state index >= 15 is 0 Å². The van der Waals surface area contributed by atoms with Crippen LogP contribution in [0.15, 0.2) is 30.3 Å². The molecule has 0 saturated carbocycles. The molecule has 0 fully saturated rings. The summed E-state index contributed by atoms with van der Waals surface area (Å²) < 4.78 is 0. The first-order valence-electron chi connectivity index (χ1n) is 4.65. The van der Waals surface area contributed by atoms with Crippen LogP contribution >= 0.6 is 0 Å². The molecular weight excluding hydrogens is 194 g/mol. The molecule has 15 heavy (non-hydrogen) atoms. The summed E-state index contributed by atoms with van der Waals surface area (Å²) in [5.41, 5.74) is 0.955. The molecule has 1 atom stereocenters. The zero-order valence-electron chi connectivity index (χ0n) is 8.43. The number of hydrogen-bond donors (Lipinski definition) is 2. The topological polar surface area (TPSA) is 66.4 Å². The second-order valence-corrected chi connectivity index (χ2v) is 3.27. The lowest BCUT2D eigenvalue weighted by molar-refractivity contribution is -0.140. The van der Waals surface area contributed by atoms with Gasteiger partial charge >= 0.3 is 5.97 Å². The fourth-order valence-electron chi connectivity index (χ4n) is 1.25. The molecule has 80 valence electrons. The molecule has 4 heteroatoms. The van der Waals surface area contributed by atoms with Crippen molar-refractivity contribution >= 4 is 11.9 Å². The van der Waals surface area contributed by atoms with Gasteiger partial charge in [-0.2, -0.15) is 0 Å². The number of nitrogens with one attached hydrogen (secondary N) is 1. The third-order valence-corrected chi connectivity index (χ3v) is 1.99. The van der Waals surface area contributed by atoms with Crippen molar-refractivity contribution in [3.63, 3.8) is 0 Å². The molecule has 1 amide bonds. The fraction of sp³-hybridized carbons (Fsp3) is 0.273. The van der Waals surface area contributed by atoms with E-state index in [1.807, 2.05) is 37.3 Å². The molecule has 0 saturated heterocycles. The van der Waals surface area contributed by atoms with Crippen molar-refractivity contribution in [2.45, 2.75) is 19.4 Å². The summed E-state index contributed by atoms with van der Waals surface area (Å²) in [5.74, 6) is -1.59. The highest BCUT2D eigenvalue weighted by atomic mass is 16.4. The number of amides is 1. The van der Waals surface area contributed by atoms with Gasteiger partial charge in [-0.15, -0.1) is 0 Å². The van der Waals surface area contributed by atoms with Crippen molar-refractivity contribution in [2.75, 3.05) is 0 Å². The fourth-order valence-corrected chi connectivity index (χ4v) is 1.25. The molecule has 4 nitrogen and oxygen atoms in total. The lowest BCUT2D eigenvalue weighted by Crippen LogP contribution is -2.28. The van der Waals surface area contributed by atoms with Crippen molar-refractivity contribution in [1.29, 1.82) is 0 Å². The van der Waals surface area contributed by atoms with Crippen LogP contribution in [0.3, 0.4) is 0 Å². The first kappa shape index (κ1) is 11.2. The zero-order chi connectivity index (χ0) is 11.3. The van der Waals surface area contributed by atoms with E-state index in [0.29, 0.717) is 0 Å². The summed E-state index contributed by atoms with van der Waals surface area (Å²) in [4.78, 5) is 21.4. The highest BCUT2D eigenvalue weighted by Crippen LogP contribution is 2.10. The van der Waals surface area contributed by atoms with Gasteiger partial charge in [-0.05, 0) is 12.5 Å². The van der Waals surface area contributed by atoms with E-state index in [-0.39, 0.29) is 6.04 Å². The van der Waals surface area contributed by atoms with E-state index < -0.39 is 18.3 Å². The predicted molar refractivity (Wildman–Crippen MR) is 55.3 cm³/mol. The maximum Gasteiger partial charge on any atom is 0.312 e. The number of carbonyl (C=O) groups excluding carboxylic acids is 1. The van der Waals surface area contributed by atoms with Gasteiger partial charge in [0, 0.05) is 0 Å². The van der Waals surface area contributed by atoms with Gasteiger partial charge < -0.3 is 10.4 Å². The van der Waals surface area contributed by atoms with Crippen LogP contribution in [0, 0.1) is 0 Å². The third-order valence-electron chi connectivity index (χ3n) is 1.99. The molecule has 1 unspecified atom stereocenters. The molecule has 0 aliphatic heterocycles. The van der Waals surface area contributed by atoms with Crippen LogP contribution in [-0.2, 0) is 9.59 Å². The second kappa shape index (κ2) is 5.14. The Morgan fingerprint density at radius 2 is 1.93 bits per heavy atom. The second-order valence-electron chi connectivity index (χ2n) is 3.27. The summed E-state index contributed by atoms with van der Waals surface area (Å²) in [6.45, 7) is 1.81. The standard InChI is InChI=1S/C11H13NO3/c1-8(9-5-3-2-4-6-9)12-10(13)7-11(14)15/h2-6,8H,7H2,1H3,(H,12,13)(H,14,15). The summed E-state index contributed by atoms with van der Waals surface area (Å²) in [6, 6.07) is 9.22. The number of carbonyl (C=O) groups is 2. The van der Waals surface area contributed by atoms with Gasteiger partial charge in [0.25, 0.3) is 0 Å². The average Bonchev–Trinajstić information content (AvgIpc) is 2.17. The van der Waals surface area contributed by atoms with E-state index in [9.17, 15) is 9.59 Å². The number of hydrogen-bond acceptors (Lipinski definition) is 2. The van der Waals surface area contributed by atoms with Gasteiger partial charge in [-0.25, -0.2) is 0 Å². The average molecular weight is 207 g/mol. The minimum absolute atomic E-state index is 0.168. The monoisotopic (exact) mass is 207 g/mol. The molecule has 2 N–H and O–H groups in total. The SMILES string of the molecule is CC(NC(=O)CC(=O)O)c1ccccc1. The van der Waals surface area contributed by atoms with Crippen LogP contribution in [0.4, 0.5) is 0 Å². The predicted octanol–water partition coefficient (Wildman–Crippen LogP) is 1.34. The molecule has 1 aromatic rings. The Hall–Kier alpha value is -1.84. The largest absolute Gasteiger partial charge is 0.481 e. The van der Waals surface area contributed by atoms with E-state index in [4.69, 9.17) is 5.11 Å². The first-order valence-corrected chi connectivity index (χ1v) is 4.65. The first-order chi connectivity index (χ1) is 7.09. The smallest absolute Gasteiger partial charge is 0.312 e. The zero-order valence-corrected chi connectivity index (χ0v) is 8.43. The van der Waals surface area contributed by atoms with Gasteiger partial charge in [0.15, 0.2) is 0 Å². The van der Waals surface area contributed by atoms with Crippen LogP contribution in [0.2, 0.25) is 0 Å². The molecule has 0 radical (unpaired) electrons. The molecule has 0 aliphatic rings. The van der Waals surface area contributed by atoms with Crippen LogP contribution in [0.5, 0.6) is 0 Å². The van der Waals surface area contributed by atoms with E-state index in [0.717, 1.165) is 5.56 Å². The minimum Gasteiger partial charge on any atom is -0.481 e. The van der Waals surface area contributed by atoms with Crippen molar-refractivity contribution < 1.29 is 14.7 Å². The lowest BCUT2D eigenvalue weighted by Gasteiger charge is -2.13. The van der Waals surface area contributed by atoms with Crippen LogP contribution in [-0.4, -0.2) is 17.0 Å². The molecule has 0 aliphatic carbocycles. The lowest BCUT2D eigenvalue weighted by atomic mass is 10.1. The van der Waals surface area contributed by atoms with Crippen LogP contribution in [0.1, 0.15) is 24.9 Å². The molecule has 0 heterocycles. The molecule has 0 bridgehead atoms. The Kier molecular flexibility index (Phi) is 3.85. The molecule has 1 aromatic carbocycles. The summed E-state index contributed by atoms with van der Waals surface area (Å²) >= 11 is 0. The quantitative estimate of drug-likeness (QED) is 0.732. The highest BCUT2D eigenvalue weighted by Gasteiger charge is 2.11. The van der Waals surface area contributed by atoms with E-state index in [1.165, 1.54) is 0 Å². The van der Waals surface area contributed by atoms with Crippen molar-refractivity contribution in [3.8, 4) is 0 Å². The van der Waals surface area contributed by atoms with Crippen molar-refractivity contribution in [1.82, 2.24) is 5.32 Å². The maximum absolute atomic E-state index is 11.1. The Labute approximate surface area is 87.9 Å². The Balaban J connectivity index is 2.53. The number of carboxylic acids is 1. The van der Waals surface area contributed by atoms with Gasteiger partial charge in [-0.1, -0.05) is 30.3 Å². The molecule has 0 spiro atoms. The molecule has 0 aromatic heterocycles. The van der Waals surface area contributed by atoms with E-state index in [1.54, 1.807) is 0 Å². The Morgan fingerprint density at radius 3 is 2.47 bits per heavy atom. The van der Waals surface area contributed by atoms with Gasteiger partial charge in [0.2, 0.25) is 5.91 Å². The van der Waals surface area contributed by atoms with Gasteiger partial charge in [0.1, 0.15) is 6.42 Å². The summed E-state index contributed by atoms with van der Waals surface area (Å²) in [6.07, 6.45) is -0.489. The Morgan fingerprint density at radius 1 is 1.33 bits per heavy atom. The van der Waals surface area contributed by atoms with Crippen molar-refractivity contribution in [2.24, 2.45) is 0 Å². The summed E-state index contributed by atoms with van der Waals surface area (Å²) in [5, 5.41) is 11.0. The van der Waals surface area contributed by atoms with Gasteiger partial charge in [-0.3, -0.25) is 9.59 Å². The van der Waals surface area contributed by atoms with Crippen molar-refractivity contribution in [3.05, 3.63) is 35.9 Å². The minimum atomic E-state index is -1.12. The maximum atomic E-state index is 11.1.